The topological polar surface area (TPSA) is 0 Å². The van der Waals surface area contributed by atoms with Crippen LogP contribution < -0.4 is 0 Å². The molecule has 0 aliphatic heterocycles. The fraction of sp³-hybridized carbons (Fsp3) is 0.444. The van der Waals surface area contributed by atoms with Crippen LogP contribution in [0.15, 0.2) is 47.4 Å². The average Bonchev–Trinajstić information content (AvgIpc) is 2.49. The first-order valence-electron chi connectivity index (χ1n) is 7.59. The minimum absolute atomic E-state index is 1.08. The quantitative estimate of drug-likeness (QED) is 0.422. The second kappa shape index (κ2) is 8.42. The Kier molecular flexibility index (Phi) is 7.22. The molecular formula is C18H28Ge. The Morgan fingerprint density at radius 2 is 1.58 bits per heavy atom. The van der Waals surface area contributed by atoms with E-state index < -0.39 is 13.3 Å². The van der Waals surface area contributed by atoms with Gasteiger partial charge in [0.05, 0.1) is 0 Å². The molecule has 19 heavy (non-hydrogen) atoms. The van der Waals surface area contributed by atoms with Crippen molar-refractivity contribution in [2.24, 2.45) is 0 Å². The van der Waals surface area contributed by atoms with Crippen molar-refractivity contribution in [3.05, 3.63) is 53.0 Å². The number of allylic oxidation sites excluding steroid dienone is 3. The monoisotopic (exact) mass is 318 g/mol. The average molecular weight is 317 g/mol. The Hall–Kier alpha value is -0.757. The number of hydrogen-bond acceptors (Lipinski definition) is 0. The zero-order chi connectivity index (χ0) is 14.1. The summed E-state index contributed by atoms with van der Waals surface area (Å²) in [6.07, 6.45) is 5.52. The van der Waals surface area contributed by atoms with Crippen molar-refractivity contribution in [2.45, 2.75) is 49.9 Å². The van der Waals surface area contributed by atoms with Gasteiger partial charge in [-0.2, -0.15) is 0 Å². The molecule has 0 N–H and O–H groups in total. The molecular weight excluding hydrogens is 289 g/mol. The van der Waals surface area contributed by atoms with Gasteiger partial charge in [-0.25, -0.2) is 0 Å². The van der Waals surface area contributed by atoms with E-state index in [1.54, 1.807) is 5.57 Å². The van der Waals surface area contributed by atoms with Crippen LogP contribution in [0, 0.1) is 0 Å². The molecule has 0 unspecified atom stereocenters. The Bertz CT molecular complexity index is 402. The van der Waals surface area contributed by atoms with E-state index in [0.717, 1.165) is 6.42 Å². The van der Waals surface area contributed by atoms with Gasteiger partial charge < -0.3 is 0 Å². The molecule has 0 radical (unpaired) electrons. The Balaban J connectivity index is 3.16. The first kappa shape index (κ1) is 16.3. The van der Waals surface area contributed by atoms with Gasteiger partial charge >= 0.3 is 122 Å². The summed E-state index contributed by atoms with van der Waals surface area (Å²) in [5.74, 6) is 0. The summed E-state index contributed by atoms with van der Waals surface area (Å²) in [5.41, 5.74) is 2.95. The van der Waals surface area contributed by atoms with Gasteiger partial charge in [-0.15, -0.1) is 0 Å². The van der Waals surface area contributed by atoms with E-state index >= 15 is 0 Å². The predicted molar refractivity (Wildman–Crippen MR) is 91.0 cm³/mol. The first-order chi connectivity index (χ1) is 9.21. The van der Waals surface area contributed by atoms with Gasteiger partial charge in [-0.05, 0) is 0 Å². The molecule has 0 aromatic heterocycles. The normalized spacial score (nSPS) is 13.2. The van der Waals surface area contributed by atoms with Gasteiger partial charge in [0.25, 0.3) is 0 Å². The van der Waals surface area contributed by atoms with E-state index in [1.165, 1.54) is 21.3 Å². The Labute approximate surface area is 122 Å². The van der Waals surface area contributed by atoms with Gasteiger partial charge in [0, 0.05) is 0 Å². The summed E-state index contributed by atoms with van der Waals surface area (Å²) in [4.78, 5) is 2.72. The van der Waals surface area contributed by atoms with Gasteiger partial charge in [-0.3, -0.25) is 0 Å². The van der Waals surface area contributed by atoms with Crippen LogP contribution in [0.1, 0.15) is 39.7 Å². The SMILES string of the molecule is C/C=C/C/C(=[CH]\[Ge]([CH2]C)([CH2]C)[CH2]C)c1ccccc1. The molecule has 0 fully saturated rings. The van der Waals surface area contributed by atoms with Crippen LogP contribution in [0.2, 0.25) is 15.8 Å². The van der Waals surface area contributed by atoms with Crippen molar-refractivity contribution in [1.29, 1.82) is 0 Å². The Morgan fingerprint density at radius 1 is 1.00 bits per heavy atom. The van der Waals surface area contributed by atoms with Crippen LogP contribution >= 0.6 is 0 Å². The van der Waals surface area contributed by atoms with Crippen molar-refractivity contribution in [3.8, 4) is 0 Å². The van der Waals surface area contributed by atoms with Crippen LogP contribution in [-0.4, -0.2) is 13.3 Å². The van der Waals surface area contributed by atoms with Crippen molar-refractivity contribution >= 4 is 18.8 Å². The number of benzene rings is 1. The van der Waals surface area contributed by atoms with E-state index in [2.05, 4.69) is 75.1 Å². The third-order valence-electron chi connectivity index (χ3n) is 4.31. The minimum atomic E-state index is -1.76. The third-order valence-corrected chi connectivity index (χ3v) is 15.2. The van der Waals surface area contributed by atoms with Crippen LogP contribution in [0.25, 0.3) is 5.57 Å². The second-order valence-corrected chi connectivity index (χ2v) is 16.0. The van der Waals surface area contributed by atoms with Crippen LogP contribution in [-0.2, 0) is 0 Å². The molecule has 0 saturated carbocycles. The molecule has 0 amide bonds. The summed E-state index contributed by atoms with van der Waals surface area (Å²) < 4.78 is 0. The van der Waals surface area contributed by atoms with E-state index in [-0.39, 0.29) is 0 Å². The van der Waals surface area contributed by atoms with Crippen molar-refractivity contribution in [2.75, 3.05) is 0 Å². The molecule has 1 aromatic rings. The molecule has 0 aliphatic rings. The Morgan fingerprint density at radius 3 is 2.05 bits per heavy atom. The maximum absolute atomic E-state index is 2.72. The fourth-order valence-corrected chi connectivity index (χ4v) is 9.16. The predicted octanol–water partition coefficient (Wildman–Crippen LogP) is 6.08. The van der Waals surface area contributed by atoms with Gasteiger partial charge in [0.2, 0.25) is 0 Å². The summed E-state index contributed by atoms with van der Waals surface area (Å²) in [6, 6.07) is 10.9. The summed E-state index contributed by atoms with van der Waals surface area (Å²) in [5, 5.41) is 4.21. The van der Waals surface area contributed by atoms with Crippen LogP contribution in [0.4, 0.5) is 0 Å². The number of hydrogen-bond donors (Lipinski definition) is 0. The molecule has 1 heteroatoms. The second-order valence-electron chi connectivity index (χ2n) is 5.23. The standard InChI is InChI=1S/C18H28Ge/c1-5-9-13-18(17-14-11-10-12-15-17)16-19(6-2,7-3)8-4/h5,9-12,14-16H,6-8,13H2,1-4H3/b9-5+,18-16+. The summed E-state index contributed by atoms with van der Waals surface area (Å²) in [6.45, 7) is 9.28. The van der Waals surface area contributed by atoms with Crippen molar-refractivity contribution in [3.63, 3.8) is 0 Å². The van der Waals surface area contributed by atoms with E-state index in [4.69, 9.17) is 0 Å². The molecule has 0 spiro atoms. The summed E-state index contributed by atoms with van der Waals surface area (Å²) >= 11 is -1.76. The molecule has 0 bridgehead atoms. The summed E-state index contributed by atoms with van der Waals surface area (Å²) in [7, 11) is 0. The molecule has 0 nitrogen and oxygen atoms in total. The molecule has 1 aromatic carbocycles. The van der Waals surface area contributed by atoms with E-state index in [9.17, 15) is 0 Å². The third kappa shape index (κ3) is 4.68. The van der Waals surface area contributed by atoms with Gasteiger partial charge in [0.1, 0.15) is 0 Å². The maximum atomic E-state index is 2.72. The van der Waals surface area contributed by atoms with Crippen molar-refractivity contribution in [1.82, 2.24) is 0 Å². The molecule has 0 heterocycles. The van der Waals surface area contributed by atoms with Crippen LogP contribution in [0.5, 0.6) is 0 Å². The fourth-order valence-electron chi connectivity index (χ4n) is 2.58. The number of rotatable bonds is 7. The molecule has 1 rings (SSSR count). The first-order valence-corrected chi connectivity index (χ1v) is 13.3. The van der Waals surface area contributed by atoms with Gasteiger partial charge in [-0.1, -0.05) is 0 Å². The van der Waals surface area contributed by atoms with Crippen LogP contribution in [0.3, 0.4) is 0 Å². The molecule has 104 valence electrons. The molecule has 0 aliphatic carbocycles. The molecule has 0 saturated heterocycles. The van der Waals surface area contributed by atoms with Gasteiger partial charge in [0.15, 0.2) is 0 Å². The van der Waals surface area contributed by atoms with Crippen molar-refractivity contribution < 1.29 is 0 Å². The zero-order valence-electron chi connectivity index (χ0n) is 12.9. The van der Waals surface area contributed by atoms with E-state index in [1.807, 2.05) is 0 Å². The van der Waals surface area contributed by atoms with E-state index in [0.29, 0.717) is 0 Å². The molecule has 0 atom stereocenters. The zero-order valence-corrected chi connectivity index (χ0v) is 15.0.